The van der Waals surface area contributed by atoms with Gasteiger partial charge in [-0.3, -0.25) is 4.98 Å². The molecule has 1 unspecified atom stereocenters. The van der Waals surface area contributed by atoms with E-state index in [2.05, 4.69) is 41.4 Å². The number of nitrogens with one attached hydrogen (secondary N) is 1. The van der Waals surface area contributed by atoms with Crippen LogP contribution in [0, 0.1) is 5.92 Å². The van der Waals surface area contributed by atoms with E-state index in [1.807, 2.05) is 12.3 Å². The van der Waals surface area contributed by atoms with Crippen LogP contribution in [-0.4, -0.2) is 37.1 Å². The molecule has 94 valence electrons. The van der Waals surface area contributed by atoms with Crippen molar-refractivity contribution in [1.29, 1.82) is 0 Å². The minimum Gasteiger partial charge on any atom is -0.317 e. The van der Waals surface area contributed by atoms with E-state index < -0.39 is 0 Å². The van der Waals surface area contributed by atoms with Gasteiger partial charge in [0.2, 0.25) is 0 Å². The Morgan fingerprint density at radius 2 is 2.12 bits per heavy atom. The highest BCUT2D eigenvalue weighted by Crippen LogP contribution is 2.28. The first-order valence-corrected chi connectivity index (χ1v) is 6.55. The fourth-order valence-electron chi connectivity index (χ4n) is 2.60. The van der Waals surface area contributed by atoms with E-state index in [1.54, 1.807) is 0 Å². The lowest BCUT2D eigenvalue weighted by Crippen LogP contribution is -2.31. The number of pyridine rings is 1. The van der Waals surface area contributed by atoms with Crippen LogP contribution in [0.3, 0.4) is 0 Å². The smallest absolute Gasteiger partial charge is 0.0575 e. The van der Waals surface area contributed by atoms with Crippen molar-refractivity contribution >= 4 is 0 Å². The van der Waals surface area contributed by atoms with Gasteiger partial charge in [-0.15, -0.1) is 0 Å². The Labute approximate surface area is 104 Å². The van der Waals surface area contributed by atoms with Crippen molar-refractivity contribution in [3.63, 3.8) is 0 Å². The number of piperidine rings is 1. The van der Waals surface area contributed by atoms with Crippen LogP contribution in [0.25, 0.3) is 0 Å². The van der Waals surface area contributed by atoms with Crippen molar-refractivity contribution < 1.29 is 0 Å². The van der Waals surface area contributed by atoms with Crippen molar-refractivity contribution in [1.82, 2.24) is 15.2 Å². The molecule has 1 atom stereocenters. The first-order valence-electron chi connectivity index (χ1n) is 6.55. The lowest BCUT2D eigenvalue weighted by atomic mass is 9.89. The number of rotatable bonds is 4. The first-order chi connectivity index (χ1) is 8.27. The summed E-state index contributed by atoms with van der Waals surface area (Å²) in [6.07, 6.45) is 5.73. The molecule has 0 aromatic carbocycles. The Balaban J connectivity index is 2.02. The van der Waals surface area contributed by atoms with Crippen LogP contribution in [0.4, 0.5) is 0 Å². The maximum Gasteiger partial charge on any atom is 0.0575 e. The normalized spacial score (nSPS) is 19.5. The van der Waals surface area contributed by atoms with E-state index >= 15 is 0 Å². The Hall–Kier alpha value is -0.930. The minimum atomic E-state index is 0.458. The van der Waals surface area contributed by atoms with E-state index in [-0.39, 0.29) is 0 Å². The quantitative estimate of drug-likeness (QED) is 0.863. The second-order valence-corrected chi connectivity index (χ2v) is 5.16. The van der Waals surface area contributed by atoms with Crippen LogP contribution in [0.15, 0.2) is 24.4 Å². The highest BCUT2D eigenvalue weighted by molar-refractivity contribution is 5.09. The van der Waals surface area contributed by atoms with Crippen LogP contribution >= 0.6 is 0 Å². The molecule has 1 aliphatic heterocycles. The van der Waals surface area contributed by atoms with Gasteiger partial charge in [0.25, 0.3) is 0 Å². The zero-order valence-electron chi connectivity index (χ0n) is 10.9. The lowest BCUT2D eigenvalue weighted by Gasteiger charge is -2.30. The van der Waals surface area contributed by atoms with E-state index in [4.69, 9.17) is 0 Å². The molecule has 1 aromatic heterocycles. The highest BCUT2D eigenvalue weighted by atomic mass is 15.1. The molecular formula is C14H23N3. The Kier molecular flexibility index (Phi) is 4.51. The van der Waals surface area contributed by atoms with Crippen molar-refractivity contribution in [2.24, 2.45) is 5.92 Å². The molecule has 0 aliphatic carbocycles. The number of nitrogens with zero attached hydrogens (tertiary/aromatic N) is 2. The van der Waals surface area contributed by atoms with Crippen LogP contribution in [-0.2, 0) is 0 Å². The summed E-state index contributed by atoms with van der Waals surface area (Å²) in [6, 6.07) is 6.67. The zero-order valence-corrected chi connectivity index (χ0v) is 10.9. The van der Waals surface area contributed by atoms with Crippen LogP contribution < -0.4 is 5.32 Å². The van der Waals surface area contributed by atoms with Crippen molar-refractivity contribution in [2.75, 3.05) is 27.2 Å². The molecule has 3 nitrogen and oxygen atoms in total. The molecule has 0 bridgehead atoms. The Morgan fingerprint density at radius 1 is 1.35 bits per heavy atom. The molecule has 17 heavy (non-hydrogen) atoms. The predicted molar refractivity (Wildman–Crippen MR) is 70.9 cm³/mol. The van der Waals surface area contributed by atoms with E-state index in [0.717, 1.165) is 5.92 Å². The zero-order chi connectivity index (χ0) is 12.1. The fourth-order valence-corrected chi connectivity index (χ4v) is 2.60. The second-order valence-electron chi connectivity index (χ2n) is 5.16. The number of aromatic nitrogens is 1. The largest absolute Gasteiger partial charge is 0.317 e. The van der Waals surface area contributed by atoms with Gasteiger partial charge < -0.3 is 10.2 Å². The van der Waals surface area contributed by atoms with Crippen LogP contribution in [0.5, 0.6) is 0 Å². The molecule has 0 spiro atoms. The average Bonchev–Trinajstić information content (AvgIpc) is 2.38. The molecule has 1 N–H and O–H groups in total. The standard InChI is InChI=1S/C14H23N3/c1-17(2)14(13-5-3-4-8-16-13)11-12-6-9-15-10-7-12/h3-5,8,12,14-15H,6-7,9-11H2,1-2H3. The van der Waals surface area contributed by atoms with Gasteiger partial charge >= 0.3 is 0 Å². The average molecular weight is 233 g/mol. The molecule has 1 aliphatic rings. The second kappa shape index (κ2) is 6.12. The summed E-state index contributed by atoms with van der Waals surface area (Å²) < 4.78 is 0. The third-order valence-electron chi connectivity index (χ3n) is 3.67. The summed E-state index contributed by atoms with van der Waals surface area (Å²) in [5.74, 6) is 0.839. The number of hydrogen-bond acceptors (Lipinski definition) is 3. The van der Waals surface area contributed by atoms with Crippen molar-refractivity contribution in [3.05, 3.63) is 30.1 Å². The van der Waals surface area contributed by atoms with Gasteiger partial charge in [-0.2, -0.15) is 0 Å². The summed E-state index contributed by atoms with van der Waals surface area (Å²) in [5.41, 5.74) is 1.20. The van der Waals surface area contributed by atoms with Crippen LogP contribution in [0.2, 0.25) is 0 Å². The summed E-state index contributed by atoms with van der Waals surface area (Å²) >= 11 is 0. The summed E-state index contributed by atoms with van der Waals surface area (Å²) in [6.45, 7) is 2.35. The van der Waals surface area contributed by atoms with Gasteiger partial charge in [-0.05, 0) is 64.5 Å². The monoisotopic (exact) mass is 233 g/mol. The van der Waals surface area contributed by atoms with Gasteiger partial charge in [0.05, 0.1) is 11.7 Å². The molecule has 1 fully saturated rings. The Bertz CT molecular complexity index is 317. The highest BCUT2D eigenvalue weighted by Gasteiger charge is 2.22. The maximum atomic E-state index is 4.51. The molecule has 0 amide bonds. The van der Waals surface area contributed by atoms with Crippen molar-refractivity contribution in [2.45, 2.75) is 25.3 Å². The van der Waals surface area contributed by atoms with Crippen molar-refractivity contribution in [3.8, 4) is 0 Å². The number of hydrogen-bond donors (Lipinski definition) is 1. The topological polar surface area (TPSA) is 28.2 Å². The first kappa shape index (κ1) is 12.5. The molecule has 1 aromatic rings. The lowest BCUT2D eigenvalue weighted by molar-refractivity contribution is 0.219. The molecule has 2 rings (SSSR count). The SMILES string of the molecule is CN(C)C(CC1CCNCC1)c1ccccn1. The molecule has 1 saturated heterocycles. The molecular weight excluding hydrogens is 210 g/mol. The molecule has 2 heterocycles. The minimum absolute atomic E-state index is 0.458. The van der Waals surface area contributed by atoms with Gasteiger partial charge in [-0.1, -0.05) is 6.07 Å². The molecule has 0 saturated carbocycles. The van der Waals surface area contributed by atoms with Gasteiger partial charge in [0, 0.05) is 6.20 Å². The van der Waals surface area contributed by atoms with E-state index in [9.17, 15) is 0 Å². The summed E-state index contributed by atoms with van der Waals surface area (Å²) in [5, 5.41) is 3.43. The van der Waals surface area contributed by atoms with E-state index in [0.29, 0.717) is 6.04 Å². The Morgan fingerprint density at radius 3 is 2.71 bits per heavy atom. The van der Waals surface area contributed by atoms with Crippen LogP contribution in [0.1, 0.15) is 31.0 Å². The summed E-state index contributed by atoms with van der Waals surface area (Å²) in [7, 11) is 4.31. The van der Waals surface area contributed by atoms with Gasteiger partial charge in [0.1, 0.15) is 0 Å². The maximum absolute atomic E-state index is 4.51. The third-order valence-corrected chi connectivity index (χ3v) is 3.67. The predicted octanol–water partition coefficient (Wildman–Crippen LogP) is 2.07. The molecule has 3 heteroatoms. The summed E-state index contributed by atoms with van der Waals surface area (Å²) in [4.78, 5) is 6.80. The van der Waals surface area contributed by atoms with Gasteiger partial charge in [0.15, 0.2) is 0 Å². The van der Waals surface area contributed by atoms with E-state index in [1.165, 1.54) is 38.0 Å². The molecule has 0 radical (unpaired) electrons. The third kappa shape index (κ3) is 3.51. The van der Waals surface area contributed by atoms with Gasteiger partial charge in [-0.25, -0.2) is 0 Å². The fraction of sp³-hybridized carbons (Fsp3) is 0.643.